The fraction of sp³-hybridized carbons (Fsp3) is 0.214. The van der Waals surface area contributed by atoms with Crippen LogP contribution in [-0.2, 0) is 0 Å². The second-order valence-electron chi connectivity index (χ2n) is 4.85. The molecule has 2 aromatic heterocycles. The first kappa shape index (κ1) is 12.4. The van der Waals surface area contributed by atoms with Crippen LogP contribution >= 0.6 is 0 Å². The van der Waals surface area contributed by atoms with E-state index in [-0.39, 0.29) is 6.04 Å². The summed E-state index contributed by atoms with van der Waals surface area (Å²) in [5.74, 6) is 1.30. The summed E-state index contributed by atoms with van der Waals surface area (Å²) >= 11 is 0. The Hall–Kier alpha value is -2.63. The third-order valence-corrected chi connectivity index (χ3v) is 3.18. The standard InChI is InChI=1S/C14H16N6/c1-10(2)19-9-16-18-14(19)12-8-17-20(13(12)15)11-6-4-3-5-7-11/h3-10H,15H2,1-2H3. The molecule has 0 aliphatic rings. The fourth-order valence-electron chi connectivity index (χ4n) is 2.12. The summed E-state index contributed by atoms with van der Waals surface area (Å²) in [6, 6.07) is 10.0. The minimum Gasteiger partial charge on any atom is -0.383 e. The molecule has 0 saturated heterocycles. The normalized spacial score (nSPS) is 11.2. The Morgan fingerprint density at radius 3 is 2.60 bits per heavy atom. The van der Waals surface area contributed by atoms with Gasteiger partial charge in [-0.05, 0) is 26.0 Å². The van der Waals surface area contributed by atoms with E-state index in [1.54, 1.807) is 17.2 Å². The zero-order valence-corrected chi connectivity index (χ0v) is 11.4. The molecule has 2 N–H and O–H groups in total. The smallest absolute Gasteiger partial charge is 0.169 e. The first-order valence-electron chi connectivity index (χ1n) is 6.47. The van der Waals surface area contributed by atoms with Crippen molar-refractivity contribution < 1.29 is 0 Å². The van der Waals surface area contributed by atoms with Crippen molar-refractivity contribution in [2.24, 2.45) is 0 Å². The van der Waals surface area contributed by atoms with Crippen molar-refractivity contribution in [2.45, 2.75) is 19.9 Å². The molecule has 0 radical (unpaired) electrons. The highest BCUT2D eigenvalue weighted by molar-refractivity contribution is 5.69. The highest BCUT2D eigenvalue weighted by Crippen LogP contribution is 2.27. The van der Waals surface area contributed by atoms with Gasteiger partial charge < -0.3 is 10.3 Å². The van der Waals surface area contributed by atoms with E-state index in [0.717, 1.165) is 17.1 Å². The Morgan fingerprint density at radius 1 is 1.15 bits per heavy atom. The van der Waals surface area contributed by atoms with Crippen LogP contribution in [0.5, 0.6) is 0 Å². The summed E-state index contributed by atoms with van der Waals surface area (Å²) in [7, 11) is 0. The molecule has 0 fully saturated rings. The van der Waals surface area contributed by atoms with Crippen molar-refractivity contribution in [1.82, 2.24) is 24.5 Å². The minimum absolute atomic E-state index is 0.263. The Kier molecular flexibility index (Phi) is 2.98. The molecule has 0 bridgehead atoms. The van der Waals surface area contributed by atoms with Gasteiger partial charge in [0.2, 0.25) is 0 Å². The van der Waals surface area contributed by atoms with Gasteiger partial charge in [-0.2, -0.15) is 5.10 Å². The van der Waals surface area contributed by atoms with E-state index < -0.39 is 0 Å². The van der Waals surface area contributed by atoms with Crippen LogP contribution in [0.15, 0.2) is 42.9 Å². The van der Waals surface area contributed by atoms with Crippen LogP contribution in [0.25, 0.3) is 17.1 Å². The maximum absolute atomic E-state index is 6.21. The second-order valence-corrected chi connectivity index (χ2v) is 4.85. The number of rotatable bonds is 3. The van der Waals surface area contributed by atoms with E-state index in [1.807, 2.05) is 34.9 Å². The van der Waals surface area contributed by atoms with E-state index >= 15 is 0 Å². The Labute approximate surface area is 116 Å². The number of nitrogens with zero attached hydrogens (tertiary/aromatic N) is 5. The predicted octanol–water partition coefficient (Wildman–Crippen LogP) is 2.29. The number of nitrogens with two attached hydrogens (primary N) is 1. The van der Waals surface area contributed by atoms with Crippen LogP contribution in [0.1, 0.15) is 19.9 Å². The van der Waals surface area contributed by atoms with E-state index in [2.05, 4.69) is 29.1 Å². The maximum Gasteiger partial charge on any atom is 0.169 e. The number of nitrogen functional groups attached to an aromatic ring is 1. The number of hydrogen-bond acceptors (Lipinski definition) is 4. The summed E-state index contributed by atoms with van der Waals surface area (Å²) in [5.41, 5.74) is 7.93. The molecule has 0 spiro atoms. The first-order chi connectivity index (χ1) is 9.68. The summed E-state index contributed by atoms with van der Waals surface area (Å²) < 4.78 is 3.68. The van der Waals surface area contributed by atoms with Gasteiger partial charge in [0, 0.05) is 6.04 Å². The van der Waals surface area contributed by atoms with Crippen LogP contribution in [-0.4, -0.2) is 24.5 Å². The highest BCUT2D eigenvalue weighted by atomic mass is 15.3. The third-order valence-electron chi connectivity index (χ3n) is 3.18. The van der Waals surface area contributed by atoms with Gasteiger partial charge in [-0.1, -0.05) is 18.2 Å². The average Bonchev–Trinajstić information content (AvgIpc) is 3.06. The van der Waals surface area contributed by atoms with E-state index in [1.165, 1.54) is 0 Å². The van der Waals surface area contributed by atoms with Crippen LogP contribution in [0, 0.1) is 0 Å². The quantitative estimate of drug-likeness (QED) is 0.791. The molecule has 1 aromatic carbocycles. The summed E-state index contributed by atoms with van der Waals surface area (Å²) in [5, 5.41) is 12.5. The van der Waals surface area contributed by atoms with Gasteiger partial charge in [0.05, 0.1) is 17.4 Å². The van der Waals surface area contributed by atoms with Crippen molar-refractivity contribution in [3.05, 3.63) is 42.9 Å². The summed E-state index contributed by atoms with van der Waals surface area (Å²) in [6.45, 7) is 4.15. The monoisotopic (exact) mass is 268 g/mol. The number of hydrogen-bond donors (Lipinski definition) is 1. The van der Waals surface area contributed by atoms with Crippen molar-refractivity contribution in [1.29, 1.82) is 0 Å². The number of para-hydroxylation sites is 1. The van der Waals surface area contributed by atoms with Crippen LogP contribution in [0.2, 0.25) is 0 Å². The molecule has 0 amide bonds. The Balaban J connectivity index is 2.09. The van der Waals surface area contributed by atoms with Crippen molar-refractivity contribution in [3.63, 3.8) is 0 Å². The molecule has 0 aliphatic heterocycles. The minimum atomic E-state index is 0.263. The molecule has 102 valence electrons. The molecule has 0 atom stereocenters. The van der Waals surface area contributed by atoms with Crippen molar-refractivity contribution in [3.8, 4) is 17.1 Å². The van der Waals surface area contributed by atoms with Crippen molar-refractivity contribution in [2.75, 3.05) is 5.73 Å². The zero-order chi connectivity index (χ0) is 14.1. The van der Waals surface area contributed by atoms with E-state index in [9.17, 15) is 0 Å². The van der Waals surface area contributed by atoms with Crippen LogP contribution in [0.3, 0.4) is 0 Å². The first-order valence-corrected chi connectivity index (χ1v) is 6.47. The lowest BCUT2D eigenvalue weighted by Crippen LogP contribution is -2.05. The molecule has 3 rings (SSSR count). The molecule has 0 saturated carbocycles. The highest BCUT2D eigenvalue weighted by Gasteiger charge is 2.17. The van der Waals surface area contributed by atoms with Crippen molar-refractivity contribution >= 4 is 5.82 Å². The van der Waals surface area contributed by atoms with Gasteiger partial charge >= 0.3 is 0 Å². The molecular weight excluding hydrogens is 252 g/mol. The lowest BCUT2D eigenvalue weighted by atomic mass is 10.2. The predicted molar refractivity (Wildman–Crippen MR) is 77.4 cm³/mol. The number of benzene rings is 1. The average molecular weight is 268 g/mol. The molecule has 20 heavy (non-hydrogen) atoms. The topological polar surface area (TPSA) is 74.5 Å². The molecule has 0 unspecified atom stereocenters. The lowest BCUT2D eigenvalue weighted by molar-refractivity contribution is 0.604. The van der Waals surface area contributed by atoms with Gasteiger partial charge in [0.1, 0.15) is 12.1 Å². The largest absolute Gasteiger partial charge is 0.383 e. The molecule has 2 heterocycles. The van der Waals surface area contributed by atoms with Gasteiger partial charge in [0.25, 0.3) is 0 Å². The summed E-state index contributed by atoms with van der Waals surface area (Å²) in [4.78, 5) is 0. The Bertz CT molecular complexity index is 710. The SMILES string of the molecule is CC(C)n1cnnc1-c1cnn(-c2ccccc2)c1N. The molecule has 3 aromatic rings. The Morgan fingerprint density at radius 2 is 1.90 bits per heavy atom. The third kappa shape index (κ3) is 1.95. The van der Waals surface area contributed by atoms with Gasteiger partial charge in [-0.15, -0.1) is 10.2 Å². The number of aromatic nitrogens is 5. The molecular formula is C14H16N6. The lowest BCUT2D eigenvalue weighted by Gasteiger charge is -2.09. The molecule has 6 nitrogen and oxygen atoms in total. The maximum atomic E-state index is 6.21. The van der Waals surface area contributed by atoms with Crippen LogP contribution in [0.4, 0.5) is 5.82 Å². The summed E-state index contributed by atoms with van der Waals surface area (Å²) in [6.07, 6.45) is 3.44. The zero-order valence-electron chi connectivity index (χ0n) is 11.4. The molecule has 0 aliphatic carbocycles. The van der Waals surface area contributed by atoms with Gasteiger partial charge in [0.15, 0.2) is 5.82 Å². The van der Waals surface area contributed by atoms with Crippen LogP contribution < -0.4 is 5.73 Å². The number of anilines is 1. The fourth-order valence-corrected chi connectivity index (χ4v) is 2.12. The van der Waals surface area contributed by atoms with E-state index in [4.69, 9.17) is 5.73 Å². The second kappa shape index (κ2) is 4.80. The van der Waals surface area contributed by atoms with E-state index in [0.29, 0.717) is 5.82 Å². The molecule has 6 heteroatoms. The van der Waals surface area contributed by atoms with Gasteiger partial charge in [-0.3, -0.25) is 0 Å². The van der Waals surface area contributed by atoms with Gasteiger partial charge in [-0.25, -0.2) is 4.68 Å².